The Hall–Kier alpha value is -1.85. The fraction of sp³-hybridized carbons (Fsp3) is 0.450. The molecule has 5 nitrogen and oxygen atoms in total. The lowest BCUT2D eigenvalue weighted by Crippen LogP contribution is -2.43. The van der Waals surface area contributed by atoms with Crippen LogP contribution in [0, 0.1) is 23.7 Å². The molecule has 0 aromatic heterocycles. The number of hydrogen-bond donors (Lipinski definition) is 0. The van der Waals surface area contributed by atoms with Gasteiger partial charge >= 0.3 is 0 Å². The molecule has 2 bridgehead atoms. The monoisotopic (exact) mass is 406 g/mol. The molecule has 1 aromatic carbocycles. The first kappa shape index (κ1) is 18.5. The first-order valence-corrected chi connectivity index (χ1v) is 9.79. The van der Waals surface area contributed by atoms with Gasteiger partial charge in [-0.25, -0.2) is 0 Å². The van der Waals surface area contributed by atoms with Crippen LogP contribution in [-0.4, -0.2) is 41.1 Å². The van der Waals surface area contributed by atoms with E-state index < -0.39 is 0 Å². The van der Waals surface area contributed by atoms with Crippen molar-refractivity contribution < 1.29 is 14.4 Å². The van der Waals surface area contributed by atoms with Gasteiger partial charge in [0.2, 0.25) is 17.7 Å². The van der Waals surface area contributed by atoms with Crippen LogP contribution in [-0.2, 0) is 14.4 Å². The van der Waals surface area contributed by atoms with Crippen molar-refractivity contribution in [2.24, 2.45) is 23.7 Å². The molecule has 1 heterocycles. The van der Waals surface area contributed by atoms with Crippen molar-refractivity contribution in [3.8, 4) is 0 Å². The minimum Gasteiger partial charge on any atom is -0.337 e. The Kier molecular flexibility index (Phi) is 4.55. The van der Waals surface area contributed by atoms with Crippen molar-refractivity contribution in [3.63, 3.8) is 0 Å². The fourth-order valence-electron chi connectivity index (χ4n) is 4.63. The molecule has 5 unspecified atom stereocenters. The molecule has 4 rings (SSSR count). The summed E-state index contributed by atoms with van der Waals surface area (Å²) >= 11 is 12.2. The first-order chi connectivity index (χ1) is 12.8. The number of likely N-dealkylation sites (tertiary alicyclic amines) is 1. The van der Waals surface area contributed by atoms with Crippen molar-refractivity contribution in [3.05, 3.63) is 46.0 Å². The van der Waals surface area contributed by atoms with Crippen molar-refractivity contribution >= 4 is 40.9 Å². The molecule has 27 heavy (non-hydrogen) atoms. The van der Waals surface area contributed by atoms with Crippen LogP contribution < -0.4 is 0 Å². The molecule has 1 saturated heterocycles. The maximum Gasteiger partial charge on any atom is 0.242 e. The zero-order valence-corrected chi connectivity index (χ0v) is 16.6. The van der Waals surface area contributed by atoms with Gasteiger partial charge in [0.05, 0.1) is 17.9 Å². The minimum absolute atomic E-state index is 0.140. The molecule has 1 aliphatic heterocycles. The number of halogens is 2. The van der Waals surface area contributed by atoms with E-state index in [1.54, 1.807) is 25.2 Å². The van der Waals surface area contributed by atoms with Crippen LogP contribution in [0.15, 0.2) is 30.4 Å². The number of hydrogen-bond acceptors (Lipinski definition) is 3. The van der Waals surface area contributed by atoms with Crippen molar-refractivity contribution in [1.82, 2.24) is 9.80 Å². The number of carbonyl (C=O) groups excluding carboxylic acids is 3. The molecule has 142 valence electrons. The van der Waals surface area contributed by atoms with Crippen molar-refractivity contribution in [2.45, 2.75) is 19.4 Å². The van der Waals surface area contributed by atoms with E-state index in [1.807, 2.05) is 19.1 Å². The zero-order valence-electron chi connectivity index (χ0n) is 15.1. The molecule has 2 aliphatic carbocycles. The highest BCUT2D eigenvalue weighted by atomic mass is 35.5. The Morgan fingerprint density at radius 3 is 2.33 bits per heavy atom. The molecule has 1 saturated carbocycles. The van der Waals surface area contributed by atoms with Crippen LogP contribution in [0.5, 0.6) is 0 Å². The van der Waals surface area contributed by atoms with Gasteiger partial charge in [-0.15, -0.1) is 0 Å². The van der Waals surface area contributed by atoms with Crippen molar-refractivity contribution in [2.75, 3.05) is 13.6 Å². The van der Waals surface area contributed by atoms with Gasteiger partial charge in [0.15, 0.2) is 0 Å². The maximum atomic E-state index is 12.8. The number of imide groups is 1. The second-order valence-electron chi connectivity index (χ2n) is 7.61. The smallest absolute Gasteiger partial charge is 0.242 e. The SMILES string of the molecule is CC(c1ccc(Cl)cc1Cl)N(C)C(=O)CN1C(=O)C2C3C=CC(C3)C2C1=O. The number of allylic oxidation sites excluding steroid dienone is 2. The Morgan fingerprint density at radius 1 is 1.19 bits per heavy atom. The molecule has 1 aromatic rings. The van der Waals surface area contributed by atoms with E-state index in [4.69, 9.17) is 23.2 Å². The van der Waals surface area contributed by atoms with Gasteiger partial charge < -0.3 is 4.90 Å². The van der Waals surface area contributed by atoms with Gasteiger partial charge in [-0.05, 0) is 42.9 Å². The lowest BCUT2D eigenvalue weighted by Gasteiger charge is -2.28. The normalized spacial score (nSPS) is 29.4. The zero-order chi connectivity index (χ0) is 19.5. The fourth-order valence-corrected chi connectivity index (χ4v) is 5.20. The molecule has 0 N–H and O–H groups in total. The van der Waals surface area contributed by atoms with Gasteiger partial charge in [-0.3, -0.25) is 19.3 Å². The van der Waals surface area contributed by atoms with Crippen LogP contribution in [0.3, 0.4) is 0 Å². The second kappa shape index (κ2) is 6.64. The van der Waals surface area contributed by atoms with Crippen molar-refractivity contribution in [1.29, 1.82) is 0 Å². The van der Waals surface area contributed by atoms with E-state index in [9.17, 15) is 14.4 Å². The molecule has 7 heteroatoms. The average molecular weight is 407 g/mol. The highest BCUT2D eigenvalue weighted by Crippen LogP contribution is 2.52. The minimum atomic E-state index is -0.313. The highest BCUT2D eigenvalue weighted by Gasteiger charge is 2.59. The standard InChI is InChI=1S/C20H20Cl2N2O3/c1-10(14-6-5-13(21)8-15(14)22)23(2)16(25)9-24-19(26)17-11-3-4-12(7-11)18(17)20(24)27/h3-6,8,10-12,17-18H,7,9H2,1-2H3. The van der Waals surface area contributed by atoms with E-state index in [-0.39, 0.29) is 54.0 Å². The van der Waals surface area contributed by atoms with Crippen LogP contribution in [0.2, 0.25) is 10.0 Å². The summed E-state index contributed by atoms with van der Waals surface area (Å²) < 4.78 is 0. The molecular formula is C20H20Cl2N2O3. The van der Waals surface area contributed by atoms with Gasteiger partial charge in [0.25, 0.3) is 0 Å². The molecule has 0 radical (unpaired) electrons. The summed E-state index contributed by atoms with van der Waals surface area (Å²) in [6, 6.07) is 4.81. The predicted molar refractivity (Wildman–Crippen MR) is 102 cm³/mol. The van der Waals surface area contributed by atoms with Crippen LogP contribution in [0.4, 0.5) is 0 Å². The highest BCUT2D eigenvalue weighted by molar-refractivity contribution is 6.35. The number of rotatable bonds is 4. The summed E-state index contributed by atoms with van der Waals surface area (Å²) in [5.74, 6) is -0.998. The number of nitrogens with zero attached hydrogens (tertiary/aromatic N) is 2. The van der Waals surface area contributed by atoms with E-state index in [1.165, 1.54) is 4.90 Å². The summed E-state index contributed by atoms with van der Waals surface area (Å²) in [7, 11) is 1.65. The lowest BCUT2D eigenvalue weighted by atomic mass is 9.85. The largest absolute Gasteiger partial charge is 0.337 e. The van der Waals surface area contributed by atoms with Gasteiger partial charge in [-0.2, -0.15) is 0 Å². The third-order valence-corrected chi connectivity index (χ3v) is 6.80. The summed E-state index contributed by atoms with van der Waals surface area (Å²) in [5.41, 5.74) is 0.759. The Bertz CT molecular complexity index is 839. The van der Waals surface area contributed by atoms with Crippen LogP contribution in [0.1, 0.15) is 24.9 Å². The number of amides is 3. The molecule has 0 spiro atoms. The van der Waals surface area contributed by atoms with Crippen LogP contribution >= 0.6 is 23.2 Å². The van der Waals surface area contributed by atoms with Gasteiger partial charge in [-0.1, -0.05) is 41.4 Å². The summed E-state index contributed by atoms with van der Waals surface area (Å²) in [5, 5.41) is 0.994. The van der Waals surface area contributed by atoms with E-state index >= 15 is 0 Å². The second-order valence-corrected chi connectivity index (χ2v) is 8.45. The molecular weight excluding hydrogens is 387 g/mol. The van der Waals surface area contributed by atoms with Crippen LogP contribution in [0.25, 0.3) is 0 Å². The quantitative estimate of drug-likeness (QED) is 0.569. The van der Waals surface area contributed by atoms with E-state index in [2.05, 4.69) is 0 Å². The third-order valence-electron chi connectivity index (χ3n) is 6.24. The summed E-state index contributed by atoms with van der Waals surface area (Å²) in [6.45, 7) is 1.62. The number of benzene rings is 1. The molecule has 3 aliphatic rings. The molecule has 3 amide bonds. The Balaban J connectivity index is 1.47. The maximum absolute atomic E-state index is 12.8. The lowest BCUT2D eigenvalue weighted by molar-refractivity contribution is -0.147. The average Bonchev–Trinajstić information content (AvgIpc) is 3.30. The summed E-state index contributed by atoms with van der Waals surface area (Å²) in [4.78, 5) is 40.9. The molecule has 2 fully saturated rings. The molecule has 5 atom stereocenters. The number of likely N-dealkylation sites (N-methyl/N-ethyl adjacent to an activating group) is 1. The predicted octanol–water partition coefficient (Wildman–Crippen LogP) is 3.32. The summed E-state index contributed by atoms with van der Waals surface area (Å²) in [6.07, 6.45) is 4.96. The van der Waals surface area contributed by atoms with E-state index in [0.29, 0.717) is 10.0 Å². The Labute approximate surface area is 167 Å². The van der Waals surface area contributed by atoms with Gasteiger partial charge in [0, 0.05) is 17.1 Å². The topological polar surface area (TPSA) is 57.7 Å². The Morgan fingerprint density at radius 2 is 1.78 bits per heavy atom. The number of fused-ring (bicyclic) bond motifs is 5. The third kappa shape index (κ3) is 2.88. The number of carbonyl (C=O) groups is 3. The first-order valence-electron chi connectivity index (χ1n) is 9.03. The van der Waals surface area contributed by atoms with E-state index in [0.717, 1.165) is 16.9 Å². The van der Waals surface area contributed by atoms with Gasteiger partial charge in [0.1, 0.15) is 6.54 Å².